The molecule has 44 heavy (non-hydrogen) atoms. The van der Waals surface area contributed by atoms with E-state index in [1.165, 1.54) is 22.9 Å². The topological polar surface area (TPSA) is 118 Å². The van der Waals surface area contributed by atoms with Crippen molar-refractivity contribution in [2.75, 3.05) is 30.8 Å². The highest BCUT2D eigenvalue weighted by atomic mass is 35.5. The number of halogens is 2. The Kier molecular flexibility index (Phi) is 7.75. The number of amides is 1. The number of fused-ring (bicyclic) bond motifs is 1. The lowest BCUT2D eigenvalue weighted by atomic mass is 9.80. The van der Waals surface area contributed by atoms with Crippen LogP contribution in [0, 0.1) is 5.82 Å². The molecule has 1 atom stereocenters. The number of carbonyl (C=O) groups excluding carboxylic acids is 1. The molecule has 3 aromatic heterocycles. The number of hydrogen-bond donors (Lipinski definition) is 0. The van der Waals surface area contributed by atoms with Gasteiger partial charge in [0.25, 0.3) is 0 Å². The minimum Gasteiger partial charge on any atom is -0.350 e. The van der Waals surface area contributed by atoms with Crippen molar-refractivity contribution in [3.05, 3.63) is 82.3 Å². The average molecular weight is 637 g/mol. The van der Waals surface area contributed by atoms with Crippen LogP contribution >= 0.6 is 11.6 Å². The van der Waals surface area contributed by atoms with Gasteiger partial charge >= 0.3 is 5.69 Å². The van der Waals surface area contributed by atoms with Crippen LogP contribution in [0.1, 0.15) is 37.7 Å². The van der Waals surface area contributed by atoms with E-state index < -0.39 is 21.3 Å². The van der Waals surface area contributed by atoms with Gasteiger partial charge in [-0.25, -0.2) is 27.2 Å². The van der Waals surface area contributed by atoms with Crippen molar-refractivity contribution in [2.45, 2.75) is 43.0 Å². The van der Waals surface area contributed by atoms with E-state index in [2.05, 4.69) is 16.5 Å². The van der Waals surface area contributed by atoms with E-state index in [-0.39, 0.29) is 56.0 Å². The molecule has 1 aliphatic carbocycles. The fourth-order valence-electron chi connectivity index (χ4n) is 5.95. The highest BCUT2D eigenvalue weighted by Crippen LogP contribution is 2.42. The molecule has 0 radical (unpaired) electrons. The molecule has 0 N–H and O–H groups in total. The van der Waals surface area contributed by atoms with Crippen molar-refractivity contribution in [3.63, 3.8) is 0 Å². The molecule has 10 nitrogen and oxygen atoms in total. The Balaban J connectivity index is 1.67. The Hall–Kier alpha value is -4.16. The highest BCUT2D eigenvalue weighted by molar-refractivity contribution is 7.90. The molecule has 4 heterocycles. The van der Waals surface area contributed by atoms with Crippen molar-refractivity contribution >= 4 is 44.2 Å². The van der Waals surface area contributed by atoms with E-state index in [1.54, 1.807) is 35.4 Å². The third-order valence-electron chi connectivity index (χ3n) is 8.40. The van der Waals surface area contributed by atoms with Crippen LogP contribution in [-0.4, -0.2) is 70.7 Å². The minimum absolute atomic E-state index is 0.0141. The van der Waals surface area contributed by atoms with Crippen molar-refractivity contribution < 1.29 is 17.6 Å². The van der Waals surface area contributed by atoms with E-state index in [0.29, 0.717) is 30.8 Å². The first-order valence-corrected chi connectivity index (χ1v) is 16.5. The molecule has 1 aromatic carbocycles. The van der Waals surface area contributed by atoms with E-state index in [0.717, 1.165) is 25.5 Å². The number of piperazine rings is 1. The Morgan fingerprint density at radius 2 is 1.91 bits per heavy atom. The maximum absolute atomic E-state index is 16.0. The maximum atomic E-state index is 16.0. The van der Waals surface area contributed by atoms with Crippen LogP contribution < -0.4 is 10.6 Å². The molecule has 2 fully saturated rings. The second-order valence-corrected chi connectivity index (χ2v) is 13.6. The Labute approximate surface area is 258 Å². The number of sulfone groups is 1. The third kappa shape index (κ3) is 5.15. The molecule has 6 rings (SSSR count). The Bertz CT molecular complexity index is 2000. The summed E-state index contributed by atoms with van der Waals surface area (Å²) in [6, 6.07) is 7.61. The van der Waals surface area contributed by atoms with Gasteiger partial charge in [-0.3, -0.25) is 9.78 Å². The summed E-state index contributed by atoms with van der Waals surface area (Å²) in [6.07, 6.45) is 7.67. The van der Waals surface area contributed by atoms with Crippen LogP contribution in [0.15, 0.2) is 65.1 Å². The average Bonchev–Trinajstić information content (AvgIpc) is 2.95. The predicted molar refractivity (Wildman–Crippen MR) is 167 cm³/mol. The SMILES string of the molecule is C=CC(=O)N1CCN(c2nc(=O)n(-c3c(C4CCC4)cncc3S(C)(=O)=O)c3nc(-c4ccccc4Cl)c(F)cc23)[C@@H](C)C1. The summed E-state index contributed by atoms with van der Waals surface area (Å²) in [6.45, 7) is 6.43. The van der Waals surface area contributed by atoms with Crippen LogP contribution in [0.5, 0.6) is 0 Å². The largest absolute Gasteiger partial charge is 0.355 e. The van der Waals surface area contributed by atoms with E-state index in [4.69, 9.17) is 16.6 Å². The van der Waals surface area contributed by atoms with E-state index >= 15 is 4.39 Å². The van der Waals surface area contributed by atoms with Crippen molar-refractivity contribution in [2.24, 2.45) is 0 Å². The first-order valence-electron chi connectivity index (χ1n) is 14.2. The van der Waals surface area contributed by atoms with Gasteiger partial charge in [-0.1, -0.05) is 42.8 Å². The molecule has 4 aromatic rings. The molecule has 1 saturated carbocycles. The predicted octanol–water partition coefficient (Wildman–Crippen LogP) is 4.53. The van der Waals surface area contributed by atoms with Crippen LogP contribution in [0.25, 0.3) is 28.0 Å². The number of rotatable bonds is 6. The molecule has 2 aliphatic rings. The van der Waals surface area contributed by atoms with Gasteiger partial charge in [0.05, 0.1) is 16.1 Å². The minimum atomic E-state index is -3.87. The molecule has 0 spiro atoms. The lowest BCUT2D eigenvalue weighted by Gasteiger charge is -2.40. The van der Waals surface area contributed by atoms with Crippen LogP contribution in [0.3, 0.4) is 0 Å². The number of nitrogens with zero attached hydrogens (tertiary/aromatic N) is 6. The Morgan fingerprint density at radius 3 is 2.55 bits per heavy atom. The lowest BCUT2D eigenvalue weighted by molar-refractivity contribution is -0.126. The summed E-state index contributed by atoms with van der Waals surface area (Å²) < 4.78 is 43.3. The molecule has 1 saturated heterocycles. The van der Waals surface area contributed by atoms with Gasteiger partial charge in [-0.05, 0) is 49.5 Å². The van der Waals surface area contributed by atoms with Gasteiger partial charge in [-0.2, -0.15) is 4.98 Å². The monoisotopic (exact) mass is 636 g/mol. The zero-order valence-corrected chi connectivity index (χ0v) is 25.8. The van der Waals surface area contributed by atoms with Crippen molar-refractivity contribution in [1.29, 1.82) is 0 Å². The third-order valence-corrected chi connectivity index (χ3v) is 9.82. The zero-order chi connectivity index (χ0) is 31.3. The van der Waals surface area contributed by atoms with Crippen molar-refractivity contribution in [1.82, 2.24) is 24.4 Å². The first kappa shape index (κ1) is 29.9. The summed E-state index contributed by atoms with van der Waals surface area (Å²) in [4.78, 5) is 43.1. The zero-order valence-electron chi connectivity index (χ0n) is 24.2. The van der Waals surface area contributed by atoms with Gasteiger partial charge in [0.15, 0.2) is 15.5 Å². The van der Waals surface area contributed by atoms with Crippen LogP contribution in [-0.2, 0) is 14.6 Å². The Morgan fingerprint density at radius 1 is 1.16 bits per heavy atom. The number of aromatic nitrogens is 4. The molecule has 13 heteroatoms. The number of anilines is 1. The van der Waals surface area contributed by atoms with Crippen molar-refractivity contribution in [3.8, 4) is 16.9 Å². The number of carbonyl (C=O) groups is 1. The summed E-state index contributed by atoms with van der Waals surface area (Å²) in [5, 5.41) is 0.470. The first-order chi connectivity index (χ1) is 21.0. The van der Waals surface area contributed by atoms with E-state index in [9.17, 15) is 18.0 Å². The van der Waals surface area contributed by atoms with E-state index in [1.807, 2.05) is 11.8 Å². The normalized spacial score (nSPS) is 17.5. The van der Waals surface area contributed by atoms with Crippen LogP contribution in [0.4, 0.5) is 10.2 Å². The van der Waals surface area contributed by atoms with Gasteiger partial charge in [0.2, 0.25) is 5.91 Å². The standard InChI is InChI=1S/C31H30ClFN6O4S/c1-4-26(40)37-12-13-38(18(2)17-37)29-21-14-24(33)27(20-10-5-6-11-23(20)32)35-30(21)39(31(41)36-29)28-22(19-8-7-9-19)15-34-16-25(28)44(3,42)43/h4-6,10-11,14-16,18-19H,1,7-9,12-13,17H2,2-3H3/t18-/m0/s1. The number of benzene rings is 1. The molecule has 228 valence electrons. The highest BCUT2D eigenvalue weighted by Gasteiger charge is 2.33. The molecular weight excluding hydrogens is 607 g/mol. The molecule has 1 aliphatic heterocycles. The lowest BCUT2D eigenvalue weighted by Crippen LogP contribution is -2.54. The quantitative estimate of drug-likeness (QED) is 0.283. The van der Waals surface area contributed by atoms with Gasteiger partial charge in [-0.15, -0.1) is 0 Å². The molecule has 1 amide bonds. The van der Waals surface area contributed by atoms with Crippen LogP contribution in [0.2, 0.25) is 5.02 Å². The fraction of sp³-hybridized carbons (Fsp3) is 0.323. The maximum Gasteiger partial charge on any atom is 0.355 e. The number of hydrogen-bond acceptors (Lipinski definition) is 8. The summed E-state index contributed by atoms with van der Waals surface area (Å²) in [5.74, 6) is -0.725. The summed E-state index contributed by atoms with van der Waals surface area (Å²) in [5.41, 5.74) is 0.193. The smallest absolute Gasteiger partial charge is 0.350 e. The summed E-state index contributed by atoms with van der Waals surface area (Å²) >= 11 is 6.45. The fourth-order valence-corrected chi connectivity index (χ4v) is 6.99. The molecule has 0 bridgehead atoms. The van der Waals surface area contributed by atoms with Gasteiger partial charge < -0.3 is 9.80 Å². The van der Waals surface area contributed by atoms with Gasteiger partial charge in [0, 0.05) is 49.9 Å². The second-order valence-electron chi connectivity index (χ2n) is 11.2. The number of pyridine rings is 2. The molecule has 0 unspecified atom stereocenters. The second kappa shape index (κ2) is 11.4. The summed E-state index contributed by atoms with van der Waals surface area (Å²) in [7, 11) is -3.87. The van der Waals surface area contributed by atoms with Gasteiger partial charge in [0.1, 0.15) is 22.2 Å². The molecular formula is C31H30ClFN6O4S.